The minimum atomic E-state index is 0.0436. The van der Waals surface area contributed by atoms with Gasteiger partial charge in [0.25, 0.3) is 5.91 Å². The van der Waals surface area contributed by atoms with E-state index in [1.807, 2.05) is 29.2 Å². The summed E-state index contributed by atoms with van der Waals surface area (Å²) in [6.07, 6.45) is 6.95. The van der Waals surface area contributed by atoms with E-state index in [0.717, 1.165) is 30.4 Å². The van der Waals surface area contributed by atoms with Crippen LogP contribution >= 0.6 is 0 Å². The smallest absolute Gasteiger partial charge is 0.253 e. The highest BCUT2D eigenvalue weighted by Crippen LogP contribution is 2.18. The number of carbonyl (C=O) groups is 1. The summed E-state index contributed by atoms with van der Waals surface area (Å²) >= 11 is 0. The molecule has 2 aromatic heterocycles. The van der Waals surface area contributed by atoms with Crippen molar-refractivity contribution in [2.75, 3.05) is 31.1 Å². The molecule has 1 aromatic carbocycles. The lowest BCUT2D eigenvalue weighted by molar-refractivity contribution is 0.0746. The Kier molecular flexibility index (Phi) is 4.12. The molecule has 1 N–H and O–H groups in total. The van der Waals surface area contributed by atoms with Gasteiger partial charge in [0.1, 0.15) is 5.82 Å². The second-order valence-corrected chi connectivity index (χ2v) is 5.85. The molecule has 1 fully saturated rings. The van der Waals surface area contributed by atoms with Crippen LogP contribution in [0.1, 0.15) is 10.4 Å². The summed E-state index contributed by atoms with van der Waals surface area (Å²) in [7, 11) is 0. The van der Waals surface area contributed by atoms with Gasteiger partial charge in [0.05, 0.1) is 0 Å². The maximum absolute atomic E-state index is 12.8. The Morgan fingerprint density at radius 1 is 0.960 bits per heavy atom. The summed E-state index contributed by atoms with van der Waals surface area (Å²) < 4.78 is 0. The Balaban J connectivity index is 1.45. The summed E-state index contributed by atoms with van der Waals surface area (Å²) in [4.78, 5) is 32.6. The lowest BCUT2D eigenvalue weighted by atomic mass is 10.1. The molecule has 0 saturated carbocycles. The van der Waals surface area contributed by atoms with Gasteiger partial charge in [0.2, 0.25) is 5.95 Å². The molecule has 1 saturated heterocycles. The van der Waals surface area contributed by atoms with Crippen molar-refractivity contribution in [3.63, 3.8) is 0 Å². The van der Waals surface area contributed by atoms with Crippen molar-refractivity contribution >= 4 is 11.9 Å². The van der Waals surface area contributed by atoms with Crippen LogP contribution in [-0.2, 0) is 0 Å². The average Bonchev–Trinajstić information content (AvgIpc) is 3.23. The molecule has 4 rings (SSSR count). The number of hydrogen-bond donors (Lipinski definition) is 1. The topological polar surface area (TPSA) is 78.0 Å². The van der Waals surface area contributed by atoms with Crippen molar-refractivity contribution < 1.29 is 4.79 Å². The van der Waals surface area contributed by atoms with Crippen molar-refractivity contribution in [2.24, 2.45) is 0 Å². The first-order valence-corrected chi connectivity index (χ1v) is 8.22. The second-order valence-electron chi connectivity index (χ2n) is 5.85. The highest BCUT2D eigenvalue weighted by Gasteiger charge is 2.23. The molecule has 0 bridgehead atoms. The van der Waals surface area contributed by atoms with Crippen molar-refractivity contribution in [3.05, 3.63) is 60.7 Å². The summed E-state index contributed by atoms with van der Waals surface area (Å²) in [6, 6.07) is 9.37. The van der Waals surface area contributed by atoms with E-state index in [2.05, 4.69) is 24.8 Å². The number of anilines is 1. The number of carbonyl (C=O) groups excluding carboxylic acids is 1. The van der Waals surface area contributed by atoms with Crippen molar-refractivity contribution in [3.8, 4) is 11.4 Å². The third-order valence-electron chi connectivity index (χ3n) is 4.28. The van der Waals surface area contributed by atoms with Gasteiger partial charge in [-0.3, -0.25) is 4.79 Å². The number of benzene rings is 1. The van der Waals surface area contributed by atoms with Gasteiger partial charge in [-0.15, -0.1) is 0 Å². The van der Waals surface area contributed by atoms with Gasteiger partial charge in [0.15, 0.2) is 0 Å². The maximum atomic E-state index is 12.8. The molecule has 0 spiro atoms. The summed E-state index contributed by atoms with van der Waals surface area (Å²) in [5.41, 5.74) is 1.59. The van der Waals surface area contributed by atoms with E-state index in [0.29, 0.717) is 18.7 Å². The van der Waals surface area contributed by atoms with Crippen LogP contribution in [0.4, 0.5) is 5.95 Å². The number of aromatic nitrogens is 4. The monoisotopic (exact) mass is 334 g/mol. The fourth-order valence-electron chi connectivity index (χ4n) is 2.97. The minimum Gasteiger partial charge on any atom is -0.345 e. The molecule has 0 radical (unpaired) electrons. The Morgan fingerprint density at radius 2 is 1.76 bits per heavy atom. The van der Waals surface area contributed by atoms with Gasteiger partial charge < -0.3 is 14.8 Å². The molecule has 3 heterocycles. The Bertz CT molecular complexity index is 841. The van der Waals surface area contributed by atoms with Crippen LogP contribution in [0.15, 0.2) is 55.1 Å². The summed E-state index contributed by atoms with van der Waals surface area (Å²) in [5.74, 6) is 1.53. The van der Waals surface area contributed by atoms with E-state index in [4.69, 9.17) is 0 Å². The molecular formula is C18H18N6O. The van der Waals surface area contributed by atoms with Crippen LogP contribution in [0.2, 0.25) is 0 Å². The van der Waals surface area contributed by atoms with Crippen LogP contribution in [0.25, 0.3) is 11.4 Å². The third-order valence-corrected chi connectivity index (χ3v) is 4.28. The highest BCUT2D eigenvalue weighted by molar-refractivity contribution is 5.95. The third kappa shape index (κ3) is 3.21. The minimum absolute atomic E-state index is 0.0436. The molecule has 25 heavy (non-hydrogen) atoms. The standard InChI is InChI=1S/C18H18N6O/c25-17(15-4-1-3-14(13-15)16-19-7-8-20-16)23-9-11-24(12-10-23)18-21-5-2-6-22-18/h1-8,13H,9-12H2,(H,19,20). The SMILES string of the molecule is O=C(c1cccc(-c2ncc[nH]2)c1)N1CCN(c2ncccn2)CC1. The number of rotatable bonds is 3. The van der Waals surface area contributed by atoms with E-state index in [1.54, 1.807) is 30.9 Å². The highest BCUT2D eigenvalue weighted by atomic mass is 16.2. The molecule has 1 aliphatic heterocycles. The first-order valence-electron chi connectivity index (χ1n) is 8.22. The quantitative estimate of drug-likeness (QED) is 0.791. The van der Waals surface area contributed by atoms with Crippen LogP contribution in [0.3, 0.4) is 0 Å². The van der Waals surface area contributed by atoms with Crippen LogP contribution in [-0.4, -0.2) is 56.9 Å². The number of nitrogens with one attached hydrogen (secondary N) is 1. The summed E-state index contributed by atoms with van der Waals surface area (Å²) in [5, 5.41) is 0. The van der Waals surface area contributed by atoms with Crippen molar-refractivity contribution in [1.29, 1.82) is 0 Å². The van der Waals surface area contributed by atoms with E-state index in [-0.39, 0.29) is 5.91 Å². The number of piperazine rings is 1. The predicted octanol–water partition coefficient (Wildman–Crippen LogP) is 1.83. The lowest BCUT2D eigenvalue weighted by Crippen LogP contribution is -2.49. The van der Waals surface area contributed by atoms with Crippen molar-refractivity contribution in [2.45, 2.75) is 0 Å². The zero-order chi connectivity index (χ0) is 17.1. The maximum Gasteiger partial charge on any atom is 0.253 e. The predicted molar refractivity (Wildman–Crippen MR) is 94.2 cm³/mol. The number of amides is 1. The van der Waals surface area contributed by atoms with Gasteiger partial charge in [-0.25, -0.2) is 15.0 Å². The number of nitrogens with zero attached hydrogens (tertiary/aromatic N) is 5. The molecule has 126 valence electrons. The summed E-state index contributed by atoms with van der Waals surface area (Å²) in [6.45, 7) is 2.77. The first kappa shape index (κ1) is 15.3. The Hall–Kier alpha value is -3.22. The molecule has 0 aliphatic carbocycles. The molecule has 1 aliphatic rings. The zero-order valence-corrected chi connectivity index (χ0v) is 13.7. The first-order chi connectivity index (χ1) is 12.3. The molecular weight excluding hydrogens is 316 g/mol. The van der Waals surface area contributed by atoms with Crippen LogP contribution < -0.4 is 4.90 Å². The van der Waals surface area contributed by atoms with Gasteiger partial charge in [-0.2, -0.15) is 0 Å². The second kappa shape index (κ2) is 6.72. The fraction of sp³-hybridized carbons (Fsp3) is 0.222. The zero-order valence-electron chi connectivity index (χ0n) is 13.7. The molecule has 7 heteroatoms. The number of hydrogen-bond acceptors (Lipinski definition) is 5. The lowest BCUT2D eigenvalue weighted by Gasteiger charge is -2.34. The largest absolute Gasteiger partial charge is 0.345 e. The fourth-order valence-corrected chi connectivity index (χ4v) is 2.97. The van der Waals surface area contributed by atoms with Gasteiger partial charge in [-0.05, 0) is 18.2 Å². The van der Waals surface area contributed by atoms with Gasteiger partial charge in [0, 0.05) is 62.1 Å². The van der Waals surface area contributed by atoms with Gasteiger partial charge in [-0.1, -0.05) is 12.1 Å². The van der Waals surface area contributed by atoms with E-state index < -0.39 is 0 Å². The van der Waals surface area contributed by atoms with Crippen LogP contribution in [0, 0.1) is 0 Å². The Morgan fingerprint density at radius 3 is 2.48 bits per heavy atom. The number of imidazole rings is 1. The molecule has 1 amide bonds. The number of aromatic amines is 1. The normalized spacial score (nSPS) is 14.6. The molecule has 7 nitrogen and oxygen atoms in total. The molecule has 0 atom stereocenters. The van der Waals surface area contributed by atoms with E-state index >= 15 is 0 Å². The van der Waals surface area contributed by atoms with Crippen molar-refractivity contribution in [1.82, 2.24) is 24.8 Å². The Labute approximate surface area is 145 Å². The molecule has 0 unspecified atom stereocenters. The van der Waals surface area contributed by atoms with Gasteiger partial charge >= 0.3 is 0 Å². The number of H-pyrrole nitrogens is 1. The van der Waals surface area contributed by atoms with E-state index in [1.165, 1.54) is 0 Å². The van der Waals surface area contributed by atoms with E-state index in [9.17, 15) is 4.79 Å². The van der Waals surface area contributed by atoms with Crippen LogP contribution in [0.5, 0.6) is 0 Å². The average molecular weight is 334 g/mol. The molecule has 3 aromatic rings.